The van der Waals surface area contributed by atoms with E-state index < -0.39 is 10.0 Å². The van der Waals surface area contributed by atoms with Crippen LogP contribution in [0.4, 0.5) is 0 Å². The van der Waals surface area contributed by atoms with Gasteiger partial charge < -0.3 is 10.2 Å². The molecule has 6 nitrogen and oxygen atoms in total. The second-order valence-electron chi connectivity index (χ2n) is 6.76. The second kappa shape index (κ2) is 7.61. The number of benzene rings is 1. The third-order valence-electron chi connectivity index (χ3n) is 4.97. The summed E-state index contributed by atoms with van der Waals surface area (Å²) in [7, 11) is -3.53. The van der Waals surface area contributed by atoms with Gasteiger partial charge >= 0.3 is 0 Å². The molecule has 1 aromatic carbocycles. The van der Waals surface area contributed by atoms with E-state index in [1.54, 1.807) is 12.1 Å². The number of carbonyl (C=O) groups is 1. The maximum absolute atomic E-state index is 12.7. The predicted molar refractivity (Wildman–Crippen MR) is 97.0 cm³/mol. The number of carbonyl (C=O) groups excluding carboxylic acids is 1. The molecule has 0 bridgehead atoms. The standard InChI is InChI=1S/C17H24ClN3O3S/c1-13-12-14(6-7-19-13)17(22)20-8-10-21(11-9-20)25(23,24)16-4-2-15(18)3-5-16/h2-5,13-14,19H,6-12H2,1H3/t13-,14-/m0/s1. The van der Waals surface area contributed by atoms with Crippen molar-refractivity contribution < 1.29 is 13.2 Å². The molecule has 0 aromatic heterocycles. The van der Waals surface area contributed by atoms with E-state index >= 15 is 0 Å². The van der Waals surface area contributed by atoms with Crippen molar-refractivity contribution in [1.82, 2.24) is 14.5 Å². The van der Waals surface area contributed by atoms with Gasteiger partial charge in [0.05, 0.1) is 4.90 Å². The number of nitrogens with one attached hydrogen (secondary N) is 1. The Hall–Kier alpha value is -1.15. The topological polar surface area (TPSA) is 69.7 Å². The van der Waals surface area contributed by atoms with Crippen molar-refractivity contribution >= 4 is 27.5 Å². The first-order valence-corrected chi connectivity index (χ1v) is 10.5. The summed E-state index contributed by atoms with van der Waals surface area (Å²) in [6.07, 6.45) is 1.70. The van der Waals surface area contributed by atoms with Crippen LogP contribution < -0.4 is 5.32 Å². The molecule has 1 amide bonds. The predicted octanol–water partition coefficient (Wildman–Crippen LogP) is 1.56. The fourth-order valence-corrected chi connectivity index (χ4v) is 5.07. The Balaban J connectivity index is 1.61. The number of sulfonamides is 1. The fourth-order valence-electron chi connectivity index (χ4n) is 3.52. The molecule has 2 heterocycles. The lowest BCUT2D eigenvalue weighted by Gasteiger charge is -2.37. The van der Waals surface area contributed by atoms with Crippen molar-refractivity contribution in [2.24, 2.45) is 5.92 Å². The molecule has 3 rings (SSSR count). The summed E-state index contributed by atoms with van der Waals surface area (Å²) in [6, 6.07) is 6.55. The number of nitrogens with zero attached hydrogens (tertiary/aromatic N) is 2. The van der Waals surface area contributed by atoms with E-state index in [0.717, 1.165) is 19.4 Å². The highest BCUT2D eigenvalue weighted by molar-refractivity contribution is 7.89. The molecule has 2 atom stereocenters. The zero-order chi connectivity index (χ0) is 18.0. The van der Waals surface area contributed by atoms with Gasteiger partial charge in [-0.25, -0.2) is 8.42 Å². The molecule has 0 saturated carbocycles. The molecule has 2 aliphatic heterocycles. The van der Waals surface area contributed by atoms with Gasteiger partial charge in [-0.3, -0.25) is 4.79 Å². The van der Waals surface area contributed by atoms with Gasteiger partial charge in [0.1, 0.15) is 0 Å². The van der Waals surface area contributed by atoms with Crippen LogP contribution in [0, 0.1) is 5.92 Å². The van der Waals surface area contributed by atoms with Crippen molar-refractivity contribution in [3.63, 3.8) is 0 Å². The molecule has 2 fully saturated rings. The molecule has 0 aliphatic carbocycles. The monoisotopic (exact) mass is 385 g/mol. The molecular weight excluding hydrogens is 362 g/mol. The molecule has 1 aromatic rings. The van der Waals surface area contributed by atoms with E-state index in [4.69, 9.17) is 11.6 Å². The molecule has 138 valence electrons. The van der Waals surface area contributed by atoms with Crippen LogP contribution in [0.25, 0.3) is 0 Å². The zero-order valence-electron chi connectivity index (χ0n) is 14.3. The summed E-state index contributed by atoms with van der Waals surface area (Å²) in [5.74, 6) is 0.215. The lowest BCUT2D eigenvalue weighted by atomic mass is 9.92. The lowest BCUT2D eigenvalue weighted by Crippen LogP contribution is -2.53. The van der Waals surface area contributed by atoms with Gasteiger partial charge in [-0.05, 0) is 50.6 Å². The van der Waals surface area contributed by atoms with E-state index in [1.165, 1.54) is 16.4 Å². The van der Waals surface area contributed by atoms with Crippen molar-refractivity contribution in [2.75, 3.05) is 32.7 Å². The molecule has 2 saturated heterocycles. The Bertz CT molecular complexity index is 715. The first-order valence-electron chi connectivity index (χ1n) is 8.66. The molecule has 8 heteroatoms. The Labute approximate surface area is 154 Å². The first-order chi connectivity index (χ1) is 11.9. The number of amides is 1. The van der Waals surface area contributed by atoms with E-state index in [2.05, 4.69) is 12.2 Å². The minimum absolute atomic E-state index is 0.0515. The highest BCUT2D eigenvalue weighted by Gasteiger charge is 2.33. The summed E-state index contributed by atoms with van der Waals surface area (Å²) in [5, 5.41) is 3.86. The summed E-state index contributed by atoms with van der Waals surface area (Å²) < 4.78 is 26.8. The van der Waals surface area contributed by atoms with Crippen molar-refractivity contribution in [3.8, 4) is 0 Å². The van der Waals surface area contributed by atoms with Crippen LogP contribution in [0.1, 0.15) is 19.8 Å². The van der Waals surface area contributed by atoms with E-state index in [1.807, 2.05) is 4.90 Å². The number of rotatable bonds is 3. The minimum Gasteiger partial charge on any atom is -0.340 e. The Morgan fingerprint density at radius 3 is 2.40 bits per heavy atom. The molecular formula is C17H24ClN3O3S. The number of halogens is 1. The van der Waals surface area contributed by atoms with Crippen molar-refractivity contribution in [2.45, 2.75) is 30.7 Å². The third-order valence-corrected chi connectivity index (χ3v) is 7.14. The van der Waals surface area contributed by atoms with Gasteiger partial charge in [0.2, 0.25) is 15.9 Å². The molecule has 1 N–H and O–H groups in total. The number of piperidine rings is 1. The van der Waals surface area contributed by atoms with Gasteiger partial charge in [0, 0.05) is 43.2 Å². The number of piperazine rings is 1. The maximum Gasteiger partial charge on any atom is 0.243 e. The number of hydrogen-bond acceptors (Lipinski definition) is 4. The van der Waals surface area contributed by atoms with Crippen LogP contribution in [-0.4, -0.2) is 62.3 Å². The smallest absolute Gasteiger partial charge is 0.243 e. The van der Waals surface area contributed by atoms with Crippen LogP contribution in [0.3, 0.4) is 0 Å². The molecule has 0 spiro atoms. The normalized spacial score (nSPS) is 25.8. The quantitative estimate of drug-likeness (QED) is 0.857. The van der Waals surface area contributed by atoms with E-state index in [9.17, 15) is 13.2 Å². The molecule has 25 heavy (non-hydrogen) atoms. The van der Waals surface area contributed by atoms with Crippen LogP contribution in [0.15, 0.2) is 29.2 Å². The van der Waals surface area contributed by atoms with Gasteiger partial charge in [-0.2, -0.15) is 4.31 Å². The van der Waals surface area contributed by atoms with Crippen molar-refractivity contribution in [3.05, 3.63) is 29.3 Å². The lowest BCUT2D eigenvalue weighted by molar-refractivity contribution is -0.137. The van der Waals surface area contributed by atoms with Gasteiger partial charge in [0.15, 0.2) is 0 Å². The van der Waals surface area contributed by atoms with Crippen LogP contribution in [-0.2, 0) is 14.8 Å². The average Bonchev–Trinajstić information content (AvgIpc) is 2.61. The maximum atomic E-state index is 12.7. The SMILES string of the molecule is C[C@H]1C[C@@H](C(=O)N2CCN(S(=O)(=O)c3ccc(Cl)cc3)CC2)CCN1. The van der Waals surface area contributed by atoms with Gasteiger partial charge in [0.25, 0.3) is 0 Å². The first kappa shape index (κ1) is 18.6. The van der Waals surface area contributed by atoms with Gasteiger partial charge in [-0.15, -0.1) is 0 Å². The fraction of sp³-hybridized carbons (Fsp3) is 0.588. The van der Waals surface area contributed by atoms with Crippen LogP contribution in [0.5, 0.6) is 0 Å². The average molecular weight is 386 g/mol. The highest BCUT2D eigenvalue weighted by atomic mass is 35.5. The van der Waals surface area contributed by atoms with E-state index in [-0.39, 0.29) is 16.7 Å². The Morgan fingerprint density at radius 2 is 1.80 bits per heavy atom. The van der Waals surface area contributed by atoms with Gasteiger partial charge in [-0.1, -0.05) is 11.6 Å². The Morgan fingerprint density at radius 1 is 1.16 bits per heavy atom. The Kier molecular flexibility index (Phi) is 5.68. The molecule has 2 aliphatic rings. The molecule has 0 radical (unpaired) electrons. The van der Waals surface area contributed by atoms with E-state index in [0.29, 0.717) is 37.2 Å². The largest absolute Gasteiger partial charge is 0.340 e. The zero-order valence-corrected chi connectivity index (χ0v) is 15.9. The number of hydrogen-bond donors (Lipinski definition) is 1. The summed E-state index contributed by atoms with van der Waals surface area (Å²) >= 11 is 5.83. The second-order valence-corrected chi connectivity index (χ2v) is 9.13. The summed E-state index contributed by atoms with van der Waals surface area (Å²) in [5.41, 5.74) is 0. The molecule has 0 unspecified atom stereocenters. The van der Waals surface area contributed by atoms with Crippen molar-refractivity contribution in [1.29, 1.82) is 0 Å². The third kappa shape index (κ3) is 4.16. The highest BCUT2D eigenvalue weighted by Crippen LogP contribution is 2.22. The van der Waals surface area contributed by atoms with Crippen LogP contribution in [0.2, 0.25) is 5.02 Å². The summed E-state index contributed by atoms with van der Waals surface area (Å²) in [4.78, 5) is 14.7. The summed E-state index contributed by atoms with van der Waals surface area (Å²) in [6.45, 7) is 4.51. The minimum atomic E-state index is -3.53. The van der Waals surface area contributed by atoms with Crippen LogP contribution >= 0.6 is 11.6 Å².